The van der Waals surface area contributed by atoms with Crippen molar-refractivity contribution in [2.24, 2.45) is 0 Å². The molecule has 2 aromatic rings. The lowest BCUT2D eigenvalue weighted by Gasteiger charge is -2.24. The summed E-state index contributed by atoms with van der Waals surface area (Å²) in [6, 6.07) is 12.2. The van der Waals surface area contributed by atoms with Crippen molar-refractivity contribution in [3.8, 4) is 0 Å². The van der Waals surface area contributed by atoms with Crippen LogP contribution in [-0.2, 0) is 6.42 Å². The number of nitrogens with zero attached hydrogens (tertiary/aromatic N) is 1. The Balaban J connectivity index is 2.00. The Morgan fingerprint density at radius 1 is 1.11 bits per heavy atom. The van der Waals surface area contributed by atoms with Crippen LogP contribution in [0.4, 0.5) is 0 Å². The van der Waals surface area contributed by atoms with E-state index in [2.05, 4.69) is 17.1 Å². The van der Waals surface area contributed by atoms with E-state index >= 15 is 0 Å². The lowest BCUT2D eigenvalue weighted by atomic mass is 9.80. The molecular weight excluding hydrogens is 222 g/mol. The number of ketones is 1. The molecule has 0 saturated carbocycles. The number of carbonyl (C=O) groups is 1. The van der Waals surface area contributed by atoms with E-state index < -0.39 is 0 Å². The van der Waals surface area contributed by atoms with Crippen molar-refractivity contribution in [3.63, 3.8) is 0 Å². The number of pyridine rings is 1. The zero-order chi connectivity index (χ0) is 12.5. The second-order valence-corrected chi connectivity index (χ2v) is 4.89. The SMILES string of the molecule is Cc1ccnc2c1C(=O)C[C@H](c1ccccc1)C2. The van der Waals surface area contributed by atoms with Crippen LogP contribution in [0.3, 0.4) is 0 Å². The number of Topliss-reactive ketones (excluding diaryl/α,β-unsaturated/α-hetero) is 1. The number of rotatable bonds is 1. The fraction of sp³-hybridized carbons (Fsp3) is 0.250. The molecule has 1 aliphatic rings. The summed E-state index contributed by atoms with van der Waals surface area (Å²) in [6.45, 7) is 1.99. The highest BCUT2D eigenvalue weighted by atomic mass is 16.1. The van der Waals surface area contributed by atoms with Gasteiger partial charge in [0.2, 0.25) is 0 Å². The topological polar surface area (TPSA) is 30.0 Å². The van der Waals surface area contributed by atoms with Crippen LogP contribution in [0.2, 0.25) is 0 Å². The third-order valence-electron chi connectivity index (χ3n) is 3.66. The van der Waals surface area contributed by atoms with Gasteiger partial charge in [0.15, 0.2) is 5.78 Å². The van der Waals surface area contributed by atoms with Gasteiger partial charge >= 0.3 is 0 Å². The monoisotopic (exact) mass is 237 g/mol. The molecule has 3 rings (SSSR count). The van der Waals surface area contributed by atoms with Crippen LogP contribution >= 0.6 is 0 Å². The van der Waals surface area contributed by atoms with Crippen LogP contribution in [-0.4, -0.2) is 10.8 Å². The fourth-order valence-electron chi connectivity index (χ4n) is 2.74. The van der Waals surface area contributed by atoms with Crippen molar-refractivity contribution in [1.29, 1.82) is 0 Å². The molecule has 0 saturated heterocycles. The van der Waals surface area contributed by atoms with Gasteiger partial charge in [0.1, 0.15) is 0 Å². The quantitative estimate of drug-likeness (QED) is 0.761. The Morgan fingerprint density at radius 3 is 2.67 bits per heavy atom. The minimum absolute atomic E-state index is 0.232. The third kappa shape index (κ3) is 1.84. The first-order valence-corrected chi connectivity index (χ1v) is 6.28. The van der Waals surface area contributed by atoms with Gasteiger partial charge in [-0.15, -0.1) is 0 Å². The Bertz CT molecular complexity index is 589. The van der Waals surface area contributed by atoms with Crippen LogP contribution in [0.5, 0.6) is 0 Å². The summed E-state index contributed by atoms with van der Waals surface area (Å²) >= 11 is 0. The van der Waals surface area contributed by atoms with E-state index in [0.29, 0.717) is 6.42 Å². The summed E-state index contributed by atoms with van der Waals surface area (Å²) in [4.78, 5) is 16.6. The van der Waals surface area contributed by atoms with Crippen molar-refractivity contribution >= 4 is 5.78 Å². The summed E-state index contributed by atoms with van der Waals surface area (Å²) in [7, 11) is 0. The molecule has 90 valence electrons. The minimum atomic E-state index is 0.232. The molecule has 0 unspecified atom stereocenters. The second kappa shape index (κ2) is 4.37. The number of hydrogen-bond donors (Lipinski definition) is 0. The standard InChI is InChI=1S/C16H15NO/c1-11-7-8-17-14-9-13(10-15(18)16(11)14)12-5-3-2-4-6-12/h2-8,13H,9-10H2,1H3/t13-/m1/s1. The van der Waals surface area contributed by atoms with Gasteiger partial charge in [-0.1, -0.05) is 30.3 Å². The highest BCUT2D eigenvalue weighted by Gasteiger charge is 2.28. The first kappa shape index (κ1) is 11.1. The predicted molar refractivity (Wildman–Crippen MR) is 70.8 cm³/mol. The van der Waals surface area contributed by atoms with Crippen LogP contribution in [0, 0.1) is 6.92 Å². The zero-order valence-corrected chi connectivity index (χ0v) is 10.4. The van der Waals surface area contributed by atoms with Crippen molar-refractivity contribution < 1.29 is 4.79 Å². The van der Waals surface area contributed by atoms with Crippen LogP contribution in [0.15, 0.2) is 42.6 Å². The predicted octanol–water partition coefficient (Wildman–Crippen LogP) is 3.30. The zero-order valence-electron chi connectivity index (χ0n) is 10.4. The molecule has 0 fully saturated rings. The fourth-order valence-corrected chi connectivity index (χ4v) is 2.74. The molecule has 2 nitrogen and oxygen atoms in total. The molecule has 1 aromatic carbocycles. The summed E-state index contributed by atoms with van der Waals surface area (Å²) < 4.78 is 0. The van der Waals surface area contributed by atoms with Gasteiger partial charge < -0.3 is 0 Å². The average molecular weight is 237 g/mol. The first-order valence-electron chi connectivity index (χ1n) is 6.28. The van der Waals surface area contributed by atoms with Gasteiger partial charge in [0, 0.05) is 18.2 Å². The van der Waals surface area contributed by atoms with E-state index in [9.17, 15) is 4.79 Å². The van der Waals surface area contributed by atoms with Gasteiger partial charge in [0.05, 0.1) is 5.69 Å². The number of aryl methyl sites for hydroxylation is 1. The van der Waals surface area contributed by atoms with E-state index in [1.54, 1.807) is 6.20 Å². The Labute approximate surface area is 107 Å². The Kier molecular flexibility index (Phi) is 2.71. The number of hydrogen-bond acceptors (Lipinski definition) is 2. The molecule has 0 amide bonds. The van der Waals surface area contributed by atoms with Gasteiger partial charge in [-0.05, 0) is 36.5 Å². The molecule has 0 spiro atoms. The molecule has 1 atom stereocenters. The van der Waals surface area contributed by atoms with Gasteiger partial charge in [-0.3, -0.25) is 9.78 Å². The molecule has 0 N–H and O–H groups in total. The lowest BCUT2D eigenvalue weighted by molar-refractivity contribution is 0.0962. The highest BCUT2D eigenvalue weighted by Crippen LogP contribution is 2.32. The summed E-state index contributed by atoms with van der Waals surface area (Å²) in [5, 5.41) is 0. The molecule has 0 bridgehead atoms. The summed E-state index contributed by atoms with van der Waals surface area (Å²) in [5.41, 5.74) is 4.10. The molecular formula is C16H15NO. The van der Waals surface area contributed by atoms with E-state index in [4.69, 9.17) is 0 Å². The highest BCUT2D eigenvalue weighted by molar-refractivity contribution is 6.00. The Hall–Kier alpha value is -1.96. The van der Waals surface area contributed by atoms with E-state index in [0.717, 1.165) is 23.2 Å². The first-order chi connectivity index (χ1) is 8.75. The van der Waals surface area contributed by atoms with Crippen LogP contribution in [0.25, 0.3) is 0 Å². The van der Waals surface area contributed by atoms with Crippen molar-refractivity contribution in [3.05, 3.63) is 65.0 Å². The average Bonchev–Trinajstić information content (AvgIpc) is 2.39. The second-order valence-electron chi connectivity index (χ2n) is 4.89. The molecule has 2 heteroatoms. The van der Waals surface area contributed by atoms with Gasteiger partial charge in [-0.25, -0.2) is 0 Å². The third-order valence-corrected chi connectivity index (χ3v) is 3.66. The maximum Gasteiger partial charge on any atom is 0.165 e. The van der Waals surface area contributed by atoms with Crippen molar-refractivity contribution in [2.45, 2.75) is 25.7 Å². The molecule has 1 aromatic heterocycles. The largest absolute Gasteiger partial charge is 0.294 e. The van der Waals surface area contributed by atoms with Gasteiger partial charge in [0.25, 0.3) is 0 Å². The maximum absolute atomic E-state index is 12.3. The van der Waals surface area contributed by atoms with Gasteiger partial charge in [-0.2, -0.15) is 0 Å². The Morgan fingerprint density at radius 2 is 1.89 bits per heavy atom. The lowest BCUT2D eigenvalue weighted by Crippen LogP contribution is -2.21. The molecule has 1 heterocycles. The van der Waals surface area contributed by atoms with Crippen molar-refractivity contribution in [1.82, 2.24) is 4.98 Å². The molecule has 0 radical (unpaired) electrons. The van der Waals surface area contributed by atoms with Crippen molar-refractivity contribution in [2.75, 3.05) is 0 Å². The summed E-state index contributed by atoms with van der Waals surface area (Å²) in [6.07, 6.45) is 3.27. The number of carbonyl (C=O) groups excluding carboxylic acids is 1. The van der Waals surface area contributed by atoms with Crippen LogP contribution < -0.4 is 0 Å². The smallest absolute Gasteiger partial charge is 0.165 e. The molecule has 18 heavy (non-hydrogen) atoms. The molecule has 1 aliphatic carbocycles. The van der Waals surface area contributed by atoms with E-state index in [1.165, 1.54) is 5.56 Å². The number of fused-ring (bicyclic) bond motifs is 1. The summed E-state index contributed by atoms with van der Waals surface area (Å²) in [5.74, 6) is 0.510. The minimum Gasteiger partial charge on any atom is -0.294 e. The van der Waals surface area contributed by atoms with E-state index in [1.807, 2.05) is 31.2 Å². The normalized spacial score (nSPS) is 18.5. The number of aromatic nitrogens is 1. The maximum atomic E-state index is 12.3. The van der Waals surface area contributed by atoms with E-state index in [-0.39, 0.29) is 11.7 Å². The number of benzene rings is 1. The van der Waals surface area contributed by atoms with Crippen LogP contribution in [0.1, 0.15) is 39.5 Å². The molecule has 0 aliphatic heterocycles.